The SMILES string of the molecule is CCOC(=O)c1ccc(CSCCN)cc1. The Bertz CT molecular complexity index is 324. The van der Waals surface area contributed by atoms with Crippen LogP contribution in [0.1, 0.15) is 22.8 Å². The molecule has 0 aromatic heterocycles. The third-order valence-corrected chi connectivity index (χ3v) is 3.06. The van der Waals surface area contributed by atoms with Crippen LogP contribution in [-0.4, -0.2) is 24.9 Å². The van der Waals surface area contributed by atoms with Crippen LogP contribution in [0.4, 0.5) is 0 Å². The summed E-state index contributed by atoms with van der Waals surface area (Å²) < 4.78 is 4.91. The van der Waals surface area contributed by atoms with Crippen molar-refractivity contribution in [2.24, 2.45) is 5.73 Å². The molecule has 2 N–H and O–H groups in total. The number of hydrogen-bond acceptors (Lipinski definition) is 4. The Hall–Kier alpha value is -1.00. The minimum atomic E-state index is -0.260. The van der Waals surface area contributed by atoms with E-state index in [9.17, 15) is 4.79 Å². The summed E-state index contributed by atoms with van der Waals surface area (Å²) in [6.45, 7) is 2.91. The van der Waals surface area contributed by atoms with Gasteiger partial charge in [0, 0.05) is 18.1 Å². The van der Waals surface area contributed by atoms with Crippen LogP contribution in [0.3, 0.4) is 0 Å². The van der Waals surface area contributed by atoms with Gasteiger partial charge in [0.1, 0.15) is 0 Å². The van der Waals surface area contributed by atoms with Crippen molar-refractivity contribution < 1.29 is 9.53 Å². The van der Waals surface area contributed by atoms with Crippen molar-refractivity contribution in [3.8, 4) is 0 Å². The third-order valence-electron chi connectivity index (χ3n) is 2.00. The number of thioether (sulfide) groups is 1. The zero-order chi connectivity index (χ0) is 11.8. The lowest BCUT2D eigenvalue weighted by molar-refractivity contribution is 0.0526. The average Bonchev–Trinajstić information content (AvgIpc) is 2.30. The molecule has 0 bridgehead atoms. The Morgan fingerprint density at radius 1 is 1.38 bits per heavy atom. The van der Waals surface area contributed by atoms with Gasteiger partial charge in [0.2, 0.25) is 0 Å². The highest BCUT2D eigenvalue weighted by molar-refractivity contribution is 7.98. The molecule has 0 aliphatic rings. The van der Waals surface area contributed by atoms with E-state index in [0.29, 0.717) is 18.7 Å². The van der Waals surface area contributed by atoms with Crippen molar-refractivity contribution in [3.63, 3.8) is 0 Å². The fraction of sp³-hybridized carbons (Fsp3) is 0.417. The van der Waals surface area contributed by atoms with Gasteiger partial charge in [0.05, 0.1) is 12.2 Å². The Kier molecular flexibility index (Phi) is 5.96. The van der Waals surface area contributed by atoms with Gasteiger partial charge in [-0.25, -0.2) is 4.79 Å². The van der Waals surface area contributed by atoms with Gasteiger partial charge in [0.15, 0.2) is 0 Å². The van der Waals surface area contributed by atoms with Gasteiger partial charge < -0.3 is 10.5 Å². The highest BCUT2D eigenvalue weighted by atomic mass is 32.2. The first-order valence-corrected chi connectivity index (χ1v) is 6.47. The second-order valence-electron chi connectivity index (χ2n) is 3.26. The number of benzene rings is 1. The first-order chi connectivity index (χ1) is 7.77. The lowest BCUT2D eigenvalue weighted by Gasteiger charge is -2.03. The van der Waals surface area contributed by atoms with Crippen LogP contribution in [-0.2, 0) is 10.5 Å². The van der Waals surface area contributed by atoms with Crippen LogP contribution in [0.2, 0.25) is 0 Å². The summed E-state index contributed by atoms with van der Waals surface area (Å²) in [6.07, 6.45) is 0. The number of hydrogen-bond donors (Lipinski definition) is 1. The monoisotopic (exact) mass is 239 g/mol. The van der Waals surface area contributed by atoms with Crippen LogP contribution < -0.4 is 5.73 Å². The maximum Gasteiger partial charge on any atom is 0.338 e. The van der Waals surface area contributed by atoms with Crippen molar-refractivity contribution in [2.45, 2.75) is 12.7 Å². The normalized spacial score (nSPS) is 10.1. The van der Waals surface area contributed by atoms with Crippen molar-refractivity contribution >= 4 is 17.7 Å². The van der Waals surface area contributed by atoms with Gasteiger partial charge in [-0.05, 0) is 24.6 Å². The topological polar surface area (TPSA) is 52.3 Å². The van der Waals surface area contributed by atoms with E-state index in [4.69, 9.17) is 10.5 Å². The lowest BCUT2D eigenvalue weighted by Crippen LogP contribution is -2.04. The average molecular weight is 239 g/mol. The molecule has 88 valence electrons. The zero-order valence-corrected chi connectivity index (χ0v) is 10.3. The maximum atomic E-state index is 11.4. The first kappa shape index (κ1) is 13.1. The molecule has 0 heterocycles. The molecule has 16 heavy (non-hydrogen) atoms. The van der Waals surface area contributed by atoms with E-state index < -0.39 is 0 Å². The number of esters is 1. The summed E-state index contributed by atoms with van der Waals surface area (Å²) in [7, 11) is 0. The number of carbonyl (C=O) groups excluding carboxylic acids is 1. The molecule has 1 aromatic rings. The van der Waals surface area contributed by atoms with Gasteiger partial charge in [-0.3, -0.25) is 0 Å². The fourth-order valence-corrected chi connectivity index (χ4v) is 1.96. The van der Waals surface area contributed by atoms with Crippen LogP contribution in [0.5, 0.6) is 0 Å². The van der Waals surface area contributed by atoms with Crippen molar-refractivity contribution in [1.29, 1.82) is 0 Å². The molecule has 0 saturated heterocycles. The molecular formula is C12H17NO2S. The second kappa shape index (κ2) is 7.30. The summed E-state index contributed by atoms with van der Waals surface area (Å²) in [5.41, 5.74) is 7.21. The smallest absolute Gasteiger partial charge is 0.338 e. The van der Waals surface area contributed by atoms with Crippen molar-refractivity contribution in [1.82, 2.24) is 0 Å². The van der Waals surface area contributed by atoms with Gasteiger partial charge in [-0.15, -0.1) is 0 Å². The van der Waals surface area contributed by atoms with Gasteiger partial charge >= 0.3 is 5.97 Å². The molecule has 1 aromatic carbocycles. The molecule has 1 rings (SSSR count). The molecule has 0 unspecified atom stereocenters. The fourth-order valence-electron chi connectivity index (χ4n) is 1.22. The lowest BCUT2D eigenvalue weighted by atomic mass is 10.1. The van der Waals surface area contributed by atoms with E-state index in [-0.39, 0.29) is 5.97 Å². The van der Waals surface area contributed by atoms with E-state index in [1.807, 2.05) is 12.1 Å². The minimum absolute atomic E-state index is 0.260. The van der Waals surface area contributed by atoms with Crippen LogP contribution in [0.15, 0.2) is 24.3 Å². The summed E-state index contributed by atoms with van der Waals surface area (Å²) in [6, 6.07) is 7.51. The Morgan fingerprint density at radius 3 is 2.62 bits per heavy atom. The molecule has 3 nitrogen and oxygen atoms in total. The van der Waals surface area contributed by atoms with Gasteiger partial charge in [-0.1, -0.05) is 12.1 Å². The first-order valence-electron chi connectivity index (χ1n) is 5.31. The minimum Gasteiger partial charge on any atom is -0.462 e. The highest BCUT2D eigenvalue weighted by Crippen LogP contribution is 2.13. The molecule has 0 atom stereocenters. The van der Waals surface area contributed by atoms with Crippen LogP contribution in [0.25, 0.3) is 0 Å². The molecule has 0 spiro atoms. The molecule has 0 radical (unpaired) electrons. The molecule has 0 saturated carbocycles. The predicted octanol–water partition coefficient (Wildman–Crippen LogP) is 2.06. The Balaban J connectivity index is 2.50. The quantitative estimate of drug-likeness (QED) is 0.610. The molecule has 0 aliphatic carbocycles. The maximum absolute atomic E-state index is 11.4. The molecule has 4 heteroatoms. The molecule has 0 aliphatic heterocycles. The van der Waals surface area contributed by atoms with E-state index >= 15 is 0 Å². The van der Waals surface area contributed by atoms with Gasteiger partial charge in [-0.2, -0.15) is 11.8 Å². The van der Waals surface area contributed by atoms with E-state index in [0.717, 1.165) is 11.5 Å². The Labute approximate surface area is 100 Å². The van der Waals surface area contributed by atoms with Crippen molar-refractivity contribution in [3.05, 3.63) is 35.4 Å². The predicted molar refractivity (Wildman–Crippen MR) is 67.6 cm³/mol. The molecule has 0 fully saturated rings. The summed E-state index contributed by atoms with van der Waals surface area (Å²) >= 11 is 1.79. The largest absolute Gasteiger partial charge is 0.462 e. The molecular weight excluding hydrogens is 222 g/mol. The summed E-state index contributed by atoms with van der Waals surface area (Å²) in [5, 5.41) is 0. The molecule has 0 amide bonds. The Morgan fingerprint density at radius 2 is 2.06 bits per heavy atom. The van der Waals surface area contributed by atoms with E-state index in [1.165, 1.54) is 5.56 Å². The van der Waals surface area contributed by atoms with Crippen LogP contribution in [0, 0.1) is 0 Å². The number of rotatable bonds is 6. The summed E-state index contributed by atoms with van der Waals surface area (Å²) in [4.78, 5) is 11.4. The van der Waals surface area contributed by atoms with Crippen LogP contribution >= 0.6 is 11.8 Å². The summed E-state index contributed by atoms with van der Waals surface area (Å²) in [5.74, 6) is 1.63. The van der Waals surface area contributed by atoms with Gasteiger partial charge in [0.25, 0.3) is 0 Å². The zero-order valence-electron chi connectivity index (χ0n) is 9.44. The van der Waals surface area contributed by atoms with E-state index in [2.05, 4.69) is 0 Å². The van der Waals surface area contributed by atoms with E-state index in [1.54, 1.807) is 30.8 Å². The second-order valence-corrected chi connectivity index (χ2v) is 4.36. The van der Waals surface area contributed by atoms with Crippen molar-refractivity contribution in [2.75, 3.05) is 18.9 Å². The number of ether oxygens (including phenoxy) is 1. The number of nitrogens with two attached hydrogens (primary N) is 1. The third kappa shape index (κ3) is 4.24. The highest BCUT2D eigenvalue weighted by Gasteiger charge is 2.05. The standard InChI is InChI=1S/C12H17NO2S/c1-2-15-12(14)11-5-3-10(4-6-11)9-16-8-7-13/h3-6H,2,7-9,13H2,1H3. The number of carbonyl (C=O) groups is 1.